The molecule has 1 aliphatic carbocycles. The second kappa shape index (κ2) is 5.03. The van der Waals surface area contributed by atoms with Gasteiger partial charge in [-0.05, 0) is 18.9 Å². The standard InChI is InChI=1S/C12H16N2O3/c1-17-11-8-10(4-6-13-11)14(9-2-3-9)7-5-12(15)16/h4,6,8-9H,2-3,5,7H2,1H3,(H,15,16). The van der Waals surface area contributed by atoms with Crippen LogP contribution in [-0.4, -0.2) is 35.8 Å². The van der Waals surface area contributed by atoms with E-state index < -0.39 is 5.97 Å². The molecular formula is C12H16N2O3. The van der Waals surface area contributed by atoms with E-state index in [9.17, 15) is 4.79 Å². The van der Waals surface area contributed by atoms with Crippen LogP contribution in [0.3, 0.4) is 0 Å². The van der Waals surface area contributed by atoms with Crippen molar-refractivity contribution < 1.29 is 14.6 Å². The summed E-state index contributed by atoms with van der Waals surface area (Å²) in [7, 11) is 1.57. The summed E-state index contributed by atoms with van der Waals surface area (Å²) in [4.78, 5) is 16.8. The summed E-state index contributed by atoms with van der Waals surface area (Å²) >= 11 is 0. The van der Waals surface area contributed by atoms with Crippen LogP contribution in [0.15, 0.2) is 18.3 Å². The Morgan fingerprint density at radius 1 is 1.65 bits per heavy atom. The van der Waals surface area contributed by atoms with Crippen molar-refractivity contribution in [3.63, 3.8) is 0 Å². The van der Waals surface area contributed by atoms with Gasteiger partial charge in [0.2, 0.25) is 5.88 Å². The quantitative estimate of drug-likeness (QED) is 0.811. The molecule has 5 heteroatoms. The van der Waals surface area contributed by atoms with Gasteiger partial charge in [0.25, 0.3) is 0 Å². The lowest BCUT2D eigenvalue weighted by molar-refractivity contribution is -0.136. The second-order valence-electron chi connectivity index (χ2n) is 4.12. The molecule has 1 aliphatic rings. The lowest BCUT2D eigenvalue weighted by Crippen LogP contribution is -2.28. The molecule has 92 valence electrons. The second-order valence-corrected chi connectivity index (χ2v) is 4.12. The fourth-order valence-corrected chi connectivity index (χ4v) is 1.81. The molecular weight excluding hydrogens is 220 g/mol. The van der Waals surface area contributed by atoms with Crippen LogP contribution in [-0.2, 0) is 4.79 Å². The van der Waals surface area contributed by atoms with Crippen molar-refractivity contribution in [2.45, 2.75) is 25.3 Å². The van der Waals surface area contributed by atoms with E-state index in [0.29, 0.717) is 18.5 Å². The van der Waals surface area contributed by atoms with Gasteiger partial charge < -0.3 is 14.7 Å². The molecule has 17 heavy (non-hydrogen) atoms. The predicted octanol–water partition coefficient (Wildman–Crippen LogP) is 1.53. The fraction of sp³-hybridized carbons (Fsp3) is 0.500. The van der Waals surface area contributed by atoms with Gasteiger partial charge >= 0.3 is 5.97 Å². The first-order chi connectivity index (χ1) is 8.20. The Hall–Kier alpha value is -1.78. The Kier molecular flexibility index (Phi) is 3.46. The number of pyridine rings is 1. The average Bonchev–Trinajstić information content (AvgIpc) is 3.14. The van der Waals surface area contributed by atoms with Crippen LogP contribution in [0.1, 0.15) is 19.3 Å². The van der Waals surface area contributed by atoms with Gasteiger partial charge in [0.15, 0.2) is 0 Å². The molecule has 0 atom stereocenters. The van der Waals surface area contributed by atoms with E-state index >= 15 is 0 Å². The van der Waals surface area contributed by atoms with Crippen molar-refractivity contribution in [1.29, 1.82) is 0 Å². The average molecular weight is 236 g/mol. The highest BCUT2D eigenvalue weighted by atomic mass is 16.5. The largest absolute Gasteiger partial charge is 0.481 e. The number of carboxylic acid groups (broad SMARTS) is 1. The van der Waals surface area contributed by atoms with Crippen molar-refractivity contribution in [1.82, 2.24) is 4.98 Å². The van der Waals surface area contributed by atoms with Gasteiger partial charge in [-0.15, -0.1) is 0 Å². The smallest absolute Gasteiger partial charge is 0.305 e. The number of carbonyl (C=O) groups is 1. The highest BCUT2D eigenvalue weighted by Gasteiger charge is 2.29. The maximum atomic E-state index is 10.6. The summed E-state index contributed by atoms with van der Waals surface area (Å²) in [5.74, 6) is -0.208. The maximum Gasteiger partial charge on any atom is 0.305 e. The first-order valence-corrected chi connectivity index (χ1v) is 5.69. The zero-order valence-corrected chi connectivity index (χ0v) is 9.80. The minimum atomic E-state index is -0.767. The lowest BCUT2D eigenvalue weighted by Gasteiger charge is -2.24. The van der Waals surface area contributed by atoms with Gasteiger partial charge in [-0.25, -0.2) is 4.98 Å². The highest BCUT2D eigenvalue weighted by molar-refractivity contribution is 5.68. The zero-order valence-electron chi connectivity index (χ0n) is 9.80. The number of anilines is 1. The van der Waals surface area contributed by atoms with Gasteiger partial charge in [-0.1, -0.05) is 0 Å². The molecule has 0 radical (unpaired) electrons. The molecule has 0 saturated heterocycles. The number of aromatic nitrogens is 1. The Balaban J connectivity index is 2.10. The molecule has 1 N–H and O–H groups in total. The molecule has 1 aromatic rings. The van der Waals surface area contributed by atoms with Crippen molar-refractivity contribution in [2.24, 2.45) is 0 Å². The van der Waals surface area contributed by atoms with E-state index in [0.717, 1.165) is 18.5 Å². The van der Waals surface area contributed by atoms with Crippen LogP contribution in [0.4, 0.5) is 5.69 Å². The van der Waals surface area contributed by atoms with Gasteiger partial charge in [-0.2, -0.15) is 0 Å². The van der Waals surface area contributed by atoms with Crippen LogP contribution in [0.2, 0.25) is 0 Å². The summed E-state index contributed by atoms with van der Waals surface area (Å²) in [6, 6.07) is 4.21. The van der Waals surface area contributed by atoms with Crippen LogP contribution >= 0.6 is 0 Å². The SMILES string of the molecule is COc1cc(N(CCC(=O)O)C2CC2)ccn1. The normalized spacial score (nSPS) is 14.4. The molecule has 0 spiro atoms. The fourth-order valence-electron chi connectivity index (χ4n) is 1.81. The van der Waals surface area contributed by atoms with Gasteiger partial charge in [0.1, 0.15) is 0 Å². The molecule has 0 amide bonds. The summed E-state index contributed by atoms with van der Waals surface area (Å²) < 4.78 is 5.08. The van der Waals surface area contributed by atoms with Crippen LogP contribution in [0, 0.1) is 0 Å². The Bertz CT molecular complexity index is 404. The first kappa shape index (κ1) is 11.7. The van der Waals surface area contributed by atoms with E-state index in [1.54, 1.807) is 13.3 Å². The number of rotatable bonds is 6. The summed E-state index contributed by atoms with van der Waals surface area (Å²) in [6.45, 7) is 0.535. The van der Waals surface area contributed by atoms with Crippen LogP contribution in [0.25, 0.3) is 0 Å². The first-order valence-electron chi connectivity index (χ1n) is 5.69. The van der Waals surface area contributed by atoms with E-state index in [2.05, 4.69) is 9.88 Å². The number of hydrogen-bond donors (Lipinski definition) is 1. The molecule has 0 unspecified atom stereocenters. The van der Waals surface area contributed by atoms with Crippen molar-refractivity contribution in [3.05, 3.63) is 18.3 Å². The molecule has 1 aromatic heterocycles. The zero-order chi connectivity index (χ0) is 12.3. The highest BCUT2D eigenvalue weighted by Crippen LogP contribution is 2.32. The van der Waals surface area contributed by atoms with Crippen LogP contribution < -0.4 is 9.64 Å². The third kappa shape index (κ3) is 3.09. The van der Waals surface area contributed by atoms with E-state index in [4.69, 9.17) is 9.84 Å². The van der Waals surface area contributed by atoms with Gasteiger partial charge in [0.05, 0.1) is 13.5 Å². The number of ether oxygens (including phenoxy) is 1. The summed E-state index contributed by atoms with van der Waals surface area (Å²) in [5, 5.41) is 8.75. The minimum Gasteiger partial charge on any atom is -0.481 e. The van der Waals surface area contributed by atoms with Crippen LogP contribution in [0.5, 0.6) is 5.88 Å². The number of methoxy groups -OCH3 is 1. The number of hydrogen-bond acceptors (Lipinski definition) is 4. The van der Waals surface area contributed by atoms with Crippen molar-refractivity contribution in [3.8, 4) is 5.88 Å². The molecule has 0 bridgehead atoms. The topological polar surface area (TPSA) is 62.7 Å². The molecule has 0 aromatic carbocycles. The molecule has 1 heterocycles. The summed E-state index contributed by atoms with van der Waals surface area (Å²) in [6.07, 6.45) is 4.10. The van der Waals surface area contributed by atoms with Gasteiger partial charge in [-0.3, -0.25) is 4.79 Å². The van der Waals surface area contributed by atoms with Crippen molar-refractivity contribution in [2.75, 3.05) is 18.6 Å². The predicted molar refractivity (Wildman–Crippen MR) is 63.4 cm³/mol. The van der Waals surface area contributed by atoms with E-state index in [1.165, 1.54) is 0 Å². The third-order valence-electron chi connectivity index (χ3n) is 2.81. The Morgan fingerprint density at radius 2 is 2.41 bits per heavy atom. The molecule has 5 nitrogen and oxygen atoms in total. The number of carboxylic acids is 1. The molecule has 1 fully saturated rings. The molecule has 2 rings (SSSR count). The van der Waals surface area contributed by atoms with E-state index in [-0.39, 0.29) is 6.42 Å². The third-order valence-corrected chi connectivity index (χ3v) is 2.81. The minimum absolute atomic E-state index is 0.154. The number of aliphatic carboxylic acids is 1. The monoisotopic (exact) mass is 236 g/mol. The molecule has 1 saturated carbocycles. The van der Waals surface area contributed by atoms with Crippen molar-refractivity contribution >= 4 is 11.7 Å². The van der Waals surface area contributed by atoms with E-state index in [1.807, 2.05) is 12.1 Å². The summed E-state index contributed by atoms with van der Waals surface area (Å²) in [5.41, 5.74) is 0.987. The number of nitrogens with zero attached hydrogens (tertiary/aromatic N) is 2. The lowest BCUT2D eigenvalue weighted by atomic mass is 10.3. The Labute approximate surface area is 100 Å². The van der Waals surface area contributed by atoms with Gasteiger partial charge in [0, 0.05) is 30.5 Å². The maximum absolute atomic E-state index is 10.6. The molecule has 0 aliphatic heterocycles. The Morgan fingerprint density at radius 3 is 3.00 bits per heavy atom.